The summed E-state index contributed by atoms with van der Waals surface area (Å²) >= 11 is 5.93. The van der Waals surface area contributed by atoms with Gasteiger partial charge in [-0.2, -0.15) is 0 Å². The predicted molar refractivity (Wildman–Crippen MR) is 111 cm³/mol. The highest BCUT2D eigenvalue weighted by molar-refractivity contribution is 6.30. The highest BCUT2D eigenvalue weighted by Crippen LogP contribution is 2.15. The molecule has 2 aromatic carbocycles. The van der Waals surface area contributed by atoms with Crippen molar-refractivity contribution in [2.75, 3.05) is 6.61 Å². The van der Waals surface area contributed by atoms with Gasteiger partial charge in [0.1, 0.15) is 17.6 Å². The normalized spacial score (nSPS) is 12.7. The lowest BCUT2D eigenvalue weighted by molar-refractivity contribution is -0.142. The standard InChI is InChI=1S/C22H26ClFN2O3/c1-4-15(2)25-22(28)16(3)26(13-17-5-7-18(23)8-6-17)21(27)14-29-20-11-9-19(24)10-12-20/h5-12,15-16H,4,13-14H2,1-3H3,(H,25,28)/t15-,16+/m0/s1. The van der Waals surface area contributed by atoms with Crippen molar-refractivity contribution in [1.29, 1.82) is 0 Å². The van der Waals surface area contributed by atoms with E-state index in [9.17, 15) is 14.0 Å². The van der Waals surface area contributed by atoms with E-state index in [1.54, 1.807) is 19.1 Å². The zero-order valence-corrected chi connectivity index (χ0v) is 17.6. The van der Waals surface area contributed by atoms with Crippen LogP contribution in [0.4, 0.5) is 4.39 Å². The van der Waals surface area contributed by atoms with Crippen molar-refractivity contribution in [1.82, 2.24) is 10.2 Å². The molecule has 0 saturated heterocycles. The Balaban J connectivity index is 2.13. The topological polar surface area (TPSA) is 58.6 Å². The third kappa shape index (κ3) is 7.06. The van der Waals surface area contributed by atoms with Crippen molar-refractivity contribution in [3.8, 4) is 5.75 Å². The number of halogens is 2. The second-order valence-corrected chi connectivity index (χ2v) is 7.32. The van der Waals surface area contributed by atoms with Crippen molar-refractivity contribution >= 4 is 23.4 Å². The van der Waals surface area contributed by atoms with Crippen molar-refractivity contribution in [3.05, 3.63) is 64.9 Å². The molecule has 0 spiro atoms. The summed E-state index contributed by atoms with van der Waals surface area (Å²) < 4.78 is 18.5. The highest BCUT2D eigenvalue weighted by Gasteiger charge is 2.27. The number of benzene rings is 2. The van der Waals surface area contributed by atoms with E-state index >= 15 is 0 Å². The third-order valence-corrected chi connectivity index (χ3v) is 4.86. The number of carbonyl (C=O) groups is 2. The Morgan fingerprint density at radius 1 is 1.10 bits per heavy atom. The van der Waals surface area contributed by atoms with Crippen molar-refractivity contribution in [3.63, 3.8) is 0 Å². The van der Waals surface area contributed by atoms with Gasteiger partial charge in [0.15, 0.2) is 6.61 Å². The lowest BCUT2D eigenvalue weighted by Crippen LogP contribution is -2.50. The molecule has 0 aliphatic rings. The van der Waals surface area contributed by atoms with Crippen LogP contribution in [0.5, 0.6) is 5.75 Å². The van der Waals surface area contributed by atoms with Crippen LogP contribution in [0.15, 0.2) is 48.5 Å². The van der Waals surface area contributed by atoms with E-state index < -0.39 is 6.04 Å². The number of rotatable bonds is 9. The zero-order valence-electron chi connectivity index (χ0n) is 16.8. The van der Waals surface area contributed by atoms with E-state index in [0.29, 0.717) is 10.8 Å². The molecule has 1 N–H and O–H groups in total. The van der Waals surface area contributed by atoms with Crippen LogP contribution in [0, 0.1) is 5.82 Å². The van der Waals surface area contributed by atoms with Gasteiger partial charge in [0.05, 0.1) is 0 Å². The Bertz CT molecular complexity index is 812. The van der Waals surface area contributed by atoms with Crippen LogP contribution in [0.1, 0.15) is 32.8 Å². The van der Waals surface area contributed by atoms with Gasteiger partial charge < -0.3 is 15.0 Å². The maximum Gasteiger partial charge on any atom is 0.261 e. The Kier molecular flexibility index (Phi) is 8.46. The van der Waals surface area contributed by atoms with E-state index in [4.69, 9.17) is 16.3 Å². The fourth-order valence-electron chi connectivity index (χ4n) is 2.59. The summed E-state index contributed by atoms with van der Waals surface area (Å²) in [6.45, 7) is 5.54. The molecule has 2 amide bonds. The summed E-state index contributed by atoms with van der Waals surface area (Å²) in [5.41, 5.74) is 0.840. The molecule has 0 aliphatic carbocycles. The number of carbonyl (C=O) groups excluding carboxylic acids is 2. The predicted octanol–water partition coefficient (Wildman–Crippen LogP) is 4.19. The molecule has 0 radical (unpaired) electrons. The third-order valence-electron chi connectivity index (χ3n) is 4.61. The van der Waals surface area contributed by atoms with Crippen LogP contribution in [-0.4, -0.2) is 35.4 Å². The summed E-state index contributed by atoms with van der Waals surface area (Å²) in [6, 6.07) is 11.8. The minimum Gasteiger partial charge on any atom is -0.484 e. The van der Waals surface area contributed by atoms with Crippen LogP contribution in [0.2, 0.25) is 5.02 Å². The molecule has 2 rings (SSSR count). The Hall–Kier alpha value is -2.60. The maximum absolute atomic E-state index is 13.0. The number of hydrogen-bond donors (Lipinski definition) is 1. The Morgan fingerprint density at radius 3 is 2.31 bits per heavy atom. The summed E-state index contributed by atoms with van der Waals surface area (Å²) in [7, 11) is 0. The summed E-state index contributed by atoms with van der Waals surface area (Å²) in [5, 5.41) is 3.49. The van der Waals surface area contributed by atoms with E-state index in [1.807, 2.05) is 26.0 Å². The van der Waals surface area contributed by atoms with Crippen molar-refractivity contribution < 1.29 is 18.7 Å². The molecule has 7 heteroatoms. The Labute approximate surface area is 175 Å². The van der Waals surface area contributed by atoms with Gasteiger partial charge in [-0.1, -0.05) is 30.7 Å². The van der Waals surface area contributed by atoms with Gasteiger partial charge in [0.25, 0.3) is 5.91 Å². The highest BCUT2D eigenvalue weighted by atomic mass is 35.5. The largest absolute Gasteiger partial charge is 0.484 e. The molecule has 156 valence electrons. The smallest absolute Gasteiger partial charge is 0.261 e. The first-order valence-corrected chi connectivity index (χ1v) is 9.90. The van der Waals surface area contributed by atoms with Gasteiger partial charge in [-0.15, -0.1) is 0 Å². The number of nitrogens with zero attached hydrogens (tertiary/aromatic N) is 1. The minimum atomic E-state index is -0.691. The molecule has 0 saturated carbocycles. The number of hydrogen-bond acceptors (Lipinski definition) is 3. The van der Waals surface area contributed by atoms with Crippen LogP contribution < -0.4 is 10.1 Å². The summed E-state index contributed by atoms with van der Waals surface area (Å²) in [4.78, 5) is 26.9. The molecule has 2 atom stereocenters. The van der Waals surface area contributed by atoms with E-state index in [0.717, 1.165) is 12.0 Å². The molecule has 0 bridgehead atoms. The van der Waals surface area contributed by atoms with Gasteiger partial charge in [-0.25, -0.2) is 4.39 Å². The van der Waals surface area contributed by atoms with E-state index in [1.165, 1.54) is 29.2 Å². The average Bonchev–Trinajstić information content (AvgIpc) is 2.72. The molecular formula is C22H26ClFN2O3. The van der Waals surface area contributed by atoms with Crippen LogP contribution in [0.3, 0.4) is 0 Å². The van der Waals surface area contributed by atoms with Crippen molar-refractivity contribution in [2.24, 2.45) is 0 Å². The van der Waals surface area contributed by atoms with Gasteiger partial charge in [-0.3, -0.25) is 9.59 Å². The molecule has 0 aromatic heterocycles. The summed E-state index contributed by atoms with van der Waals surface area (Å²) in [5.74, 6) is -0.592. The number of nitrogens with one attached hydrogen (secondary N) is 1. The monoisotopic (exact) mass is 420 g/mol. The van der Waals surface area contributed by atoms with E-state index in [2.05, 4.69) is 5.32 Å². The first-order valence-electron chi connectivity index (χ1n) is 9.52. The molecule has 0 heterocycles. The summed E-state index contributed by atoms with van der Waals surface area (Å²) in [6.07, 6.45) is 0.789. The molecule has 5 nitrogen and oxygen atoms in total. The molecule has 0 fully saturated rings. The second kappa shape index (κ2) is 10.8. The van der Waals surface area contributed by atoms with Crippen LogP contribution in [0.25, 0.3) is 0 Å². The molecule has 29 heavy (non-hydrogen) atoms. The Morgan fingerprint density at radius 2 is 1.72 bits per heavy atom. The lowest BCUT2D eigenvalue weighted by atomic mass is 10.1. The van der Waals surface area contributed by atoms with Gasteiger partial charge in [0, 0.05) is 17.6 Å². The first kappa shape index (κ1) is 22.7. The van der Waals surface area contributed by atoms with Gasteiger partial charge in [-0.05, 0) is 62.2 Å². The SMILES string of the molecule is CC[C@H](C)NC(=O)[C@@H](C)N(Cc1ccc(Cl)cc1)C(=O)COc1ccc(F)cc1. The number of ether oxygens (including phenoxy) is 1. The molecular weight excluding hydrogens is 395 g/mol. The average molecular weight is 421 g/mol. The quantitative estimate of drug-likeness (QED) is 0.661. The minimum absolute atomic E-state index is 0.00731. The lowest BCUT2D eigenvalue weighted by Gasteiger charge is -2.29. The van der Waals surface area contributed by atoms with Gasteiger partial charge >= 0.3 is 0 Å². The zero-order chi connectivity index (χ0) is 21.4. The molecule has 2 aromatic rings. The van der Waals surface area contributed by atoms with Crippen LogP contribution in [-0.2, 0) is 16.1 Å². The van der Waals surface area contributed by atoms with Gasteiger partial charge in [0.2, 0.25) is 5.91 Å². The van der Waals surface area contributed by atoms with Crippen molar-refractivity contribution in [2.45, 2.75) is 45.8 Å². The number of amides is 2. The first-order chi connectivity index (χ1) is 13.8. The fourth-order valence-corrected chi connectivity index (χ4v) is 2.72. The van der Waals surface area contributed by atoms with Crippen LogP contribution >= 0.6 is 11.6 Å². The molecule has 0 unspecified atom stereocenters. The molecule has 0 aliphatic heterocycles. The van der Waals surface area contributed by atoms with E-state index in [-0.39, 0.29) is 36.8 Å². The second-order valence-electron chi connectivity index (χ2n) is 6.88. The fraction of sp³-hybridized carbons (Fsp3) is 0.364. The maximum atomic E-state index is 13.0.